The van der Waals surface area contributed by atoms with Crippen molar-refractivity contribution in [2.75, 3.05) is 13.6 Å². The van der Waals surface area contributed by atoms with Crippen LogP contribution in [0, 0.1) is 13.8 Å². The fourth-order valence-corrected chi connectivity index (χ4v) is 1.37. The summed E-state index contributed by atoms with van der Waals surface area (Å²) in [5.74, 6) is 0.178. The standard InChI is InChI=1S/C11H14.C4H9NO.3C2H6/c1-4-5-11-8-9(2)6-7-10(11)3;1-4(6)3-5-2;3*1-2/h4-8H,1-3H3;5H,3H2,1-2H3;3*1-2H3/b5-4-;;;;. The van der Waals surface area contributed by atoms with Crippen molar-refractivity contribution in [2.24, 2.45) is 0 Å². The lowest BCUT2D eigenvalue weighted by atomic mass is 10.1. The van der Waals surface area contributed by atoms with Crippen molar-refractivity contribution in [1.82, 2.24) is 5.32 Å². The molecule has 0 bridgehead atoms. The minimum atomic E-state index is 0.178. The van der Waals surface area contributed by atoms with Gasteiger partial charge in [0, 0.05) is 0 Å². The molecule has 0 aliphatic carbocycles. The average Bonchev–Trinajstić information content (AvgIpc) is 2.57. The largest absolute Gasteiger partial charge is 0.313 e. The van der Waals surface area contributed by atoms with Crippen molar-refractivity contribution >= 4 is 11.9 Å². The van der Waals surface area contributed by atoms with E-state index in [1.54, 1.807) is 14.0 Å². The average molecular weight is 324 g/mol. The number of benzene rings is 1. The first-order valence-corrected chi connectivity index (χ1v) is 8.85. The summed E-state index contributed by atoms with van der Waals surface area (Å²) in [5, 5.41) is 2.72. The molecule has 0 heterocycles. The topological polar surface area (TPSA) is 29.1 Å². The predicted molar refractivity (Wildman–Crippen MR) is 109 cm³/mol. The summed E-state index contributed by atoms with van der Waals surface area (Å²) in [6, 6.07) is 6.50. The van der Waals surface area contributed by atoms with Crippen molar-refractivity contribution in [2.45, 2.75) is 69.2 Å². The fraction of sp³-hybridized carbons (Fsp3) is 0.571. The van der Waals surface area contributed by atoms with Crippen LogP contribution in [0.1, 0.15) is 72.1 Å². The van der Waals surface area contributed by atoms with Gasteiger partial charge >= 0.3 is 0 Å². The molecule has 1 aromatic rings. The van der Waals surface area contributed by atoms with Crippen LogP contribution in [0.4, 0.5) is 0 Å². The highest BCUT2D eigenvalue weighted by atomic mass is 16.1. The Labute approximate surface area is 146 Å². The van der Waals surface area contributed by atoms with Gasteiger partial charge in [-0.25, -0.2) is 0 Å². The monoisotopic (exact) mass is 323 g/mol. The summed E-state index contributed by atoms with van der Waals surface area (Å²) in [7, 11) is 1.75. The molecule has 0 saturated heterocycles. The minimum Gasteiger partial charge on any atom is -0.313 e. The van der Waals surface area contributed by atoms with Crippen LogP contribution in [-0.4, -0.2) is 19.4 Å². The van der Waals surface area contributed by atoms with E-state index in [-0.39, 0.29) is 5.78 Å². The second-order valence-corrected chi connectivity index (χ2v) is 4.09. The summed E-state index contributed by atoms with van der Waals surface area (Å²) in [4.78, 5) is 9.98. The van der Waals surface area contributed by atoms with E-state index in [1.165, 1.54) is 16.7 Å². The third-order valence-electron chi connectivity index (χ3n) is 2.21. The van der Waals surface area contributed by atoms with E-state index in [9.17, 15) is 4.79 Å². The number of Topliss-reactive ketones (excluding diaryl/α,β-unsaturated/α-hetero) is 1. The van der Waals surface area contributed by atoms with Crippen molar-refractivity contribution < 1.29 is 4.79 Å². The molecule has 0 amide bonds. The van der Waals surface area contributed by atoms with E-state index >= 15 is 0 Å². The predicted octanol–water partition coefficient (Wildman–Crippen LogP) is 6.21. The molecule has 0 spiro atoms. The van der Waals surface area contributed by atoms with Crippen LogP contribution >= 0.6 is 0 Å². The van der Waals surface area contributed by atoms with E-state index in [4.69, 9.17) is 0 Å². The number of hydrogen-bond donors (Lipinski definition) is 1. The molecule has 0 radical (unpaired) electrons. The molecule has 0 atom stereocenters. The Kier molecular flexibility index (Phi) is 32.8. The lowest BCUT2D eigenvalue weighted by molar-refractivity contribution is -0.116. The number of nitrogens with one attached hydrogen (secondary N) is 1. The quantitative estimate of drug-likeness (QED) is 0.716. The van der Waals surface area contributed by atoms with Gasteiger partial charge in [0.15, 0.2) is 0 Å². The smallest absolute Gasteiger partial charge is 0.143 e. The Balaban J connectivity index is -0.000000129. The zero-order chi connectivity index (χ0) is 19.3. The Morgan fingerprint density at radius 3 is 1.83 bits per heavy atom. The first-order chi connectivity index (χ1) is 11.0. The number of carbonyl (C=O) groups excluding carboxylic acids is 1. The van der Waals surface area contributed by atoms with Gasteiger partial charge in [0.05, 0.1) is 6.54 Å². The maximum absolute atomic E-state index is 9.98. The second kappa shape index (κ2) is 25.5. The molecule has 2 heteroatoms. The lowest BCUT2D eigenvalue weighted by Crippen LogP contribution is -2.14. The maximum atomic E-state index is 9.98. The zero-order valence-corrected chi connectivity index (χ0v) is 17.5. The first-order valence-electron chi connectivity index (χ1n) is 8.85. The van der Waals surface area contributed by atoms with Crippen LogP contribution in [0.15, 0.2) is 24.3 Å². The van der Waals surface area contributed by atoms with Gasteiger partial charge in [-0.15, -0.1) is 0 Å². The molecule has 1 rings (SSSR count). The van der Waals surface area contributed by atoms with E-state index in [0.717, 1.165) is 0 Å². The summed E-state index contributed by atoms with van der Waals surface area (Å²) >= 11 is 0. The summed E-state index contributed by atoms with van der Waals surface area (Å²) < 4.78 is 0. The van der Waals surface area contributed by atoms with E-state index in [0.29, 0.717) is 6.54 Å². The van der Waals surface area contributed by atoms with Gasteiger partial charge in [0.2, 0.25) is 0 Å². The Morgan fingerprint density at radius 1 is 1.04 bits per heavy atom. The number of likely N-dealkylation sites (N-methyl/N-ethyl adjacent to an activating group) is 1. The van der Waals surface area contributed by atoms with Gasteiger partial charge in [0.1, 0.15) is 5.78 Å². The van der Waals surface area contributed by atoms with Gasteiger partial charge in [-0.3, -0.25) is 4.79 Å². The van der Waals surface area contributed by atoms with Crippen LogP contribution in [0.5, 0.6) is 0 Å². The number of aryl methyl sites for hydroxylation is 2. The fourth-order valence-electron chi connectivity index (χ4n) is 1.37. The Morgan fingerprint density at radius 2 is 1.52 bits per heavy atom. The molecule has 1 N–H and O–H groups in total. The van der Waals surface area contributed by atoms with Crippen LogP contribution < -0.4 is 5.32 Å². The van der Waals surface area contributed by atoms with Crippen LogP contribution in [0.3, 0.4) is 0 Å². The van der Waals surface area contributed by atoms with Crippen LogP contribution in [0.2, 0.25) is 0 Å². The van der Waals surface area contributed by atoms with Gasteiger partial charge in [-0.05, 0) is 45.9 Å². The molecular weight excluding hydrogens is 282 g/mol. The Hall–Kier alpha value is -1.41. The van der Waals surface area contributed by atoms with E-state index in [2.05, 4.69) is 49.5 Å². The SMILES string of the molecule is C/C=C\c1cc(C)ccc1C.CC.CC.CC.CNCC(C)=O. The van der Waals surface area contributed by atoms with E-state index in [1.807, 2.05) is 48.5 Å². The molecular formula is C21H41NO. The van der Waals surface area contributed by atoms with Crippen molar-refractivity contribution in [1.29, 1.82) is 0 Å². The molecule has 23 heavy (non-hydrogen) atoms. The number of hydrogen-bond acceptors (Lipinski definition) is 2. The highest BCUT2D eigenvalue weighted by molar-refractivity contribution is 5.77. The lowest BCUT2D eigenvalue weighted by Gasteiger charge is -2.00. The van der Waals surface area contributed by atoms with Gasteiger partial charge in [0.25, 0.3) is 0 Å². The number of carbonyl (C=O) groups is 1. The molecule has 0 unspecified atom stereocenters. The molecule has 0 fully saturated rings. The summed E-state index contributed by atoms with van der Waals surface area (Å²) in [6.45, 7) is 20.3. The number of ketones is 1. The van der Waals surface area contributed by atoms with Crippen molar-refractivity contribution in [3.05, 3.63) is 41.0 Å². The highest BCUT2D eigenvalue weighted by Gasteiger charge is 1.92. The first kappa shape index (κ1) is 29.6. The normalized spacial score (nSPS) is 8.13. The van der Waals surface area contributed by atoms with Gasteiger partial charge in [-0.2, -0.15) is 0 Å². The third-order valence-corrected chi connectivity index (χ3v) is 2.21. The van der Waals surface area contributed by atoms with Gasteiger partial charge < -0.3 is 5.32 Å². The minimum absolute atomic E-state index is 0.178. The van der Waals surface area contributed by atoms with Crippen LogP contribution in [0.25, 0.3) is 6.08 Å². The van der Waals surface area contributed by atoms with Crippen molar-refractivity contribution in [3.8, 4) is 0 Å². The molecule has 136 valence electrons. The number of allylic oxidation sites excluding steroid dienone is 1. The molecule has 1 aromatic carbocycles. The maximum Gasteiger partial charge on any atom is 0.143 e. The molecule has 0 aliphatic heterocycles. The summed E-state index contributed by atoms with van der Waals surface area (Å²) in [6.07, 6.45) is 4.21. The van der Waals surface area contributed by atoms with Gasteiger partial charge in [-0.1, -0.05) is 77.5 Å². The molecule has 0 aromatic heterocycles. The highest BCUT2D eigenvalue weighted by Crippen LogP contribution is 2.11. The third kappa shape index (κ3) is 23.0. The summed E-state index contributed by atoms with van der Waals surface area (Å²) in [5.41, 5.74) is 3.99. The molecule has 0 saturated carbocycles. The molecule has 2 nitrogen and oxygen atoms in total. The van der Waals surface area contributed by atoms with E-state index < -0.39 is 0 Å². The zero-order valence-electron chi connectivity index (χ0n) is 17.5. The van der Waals surface area contributed by atoms with Crippen LogP contribution in [-0.2, 0) is 4.79 Å². The Bertz CT molecular complexity index is 381. The van der Waals surface area contributed by atoms with Crippen molar-refractivity contribution in [3.63, 3.8) is 0 Å². The molecule has 0 aliphatic rings. The number of rotatable bonds is 3. The second-order valence-electron chi connectivity index (χ2n) is 4.09.